The Balaban J connectivity index is 2.17. The number of thioether (sulfide) groups is 1. The fraction of sp³-hybridized carbons (Fsp3) is 0.619. The first-order valence-electron chi connectivity index (χ1n) is 11.2. The predicted octanol–water partition coefficient (Wildman–Crippen LogP) is -1.25. The lowest BCUT2D eigenvalue weighted by Gasteiger charge is -2.29. The molecule has 202 valence electrons. The molecule has 8 N–H and O–H groups in total. The molecule has 0 saturated carbocycles. The quantitative estimate of drug-likeness (QED) is 0.0986. The summed E-state index contributed by atoms with van der Waals surface area (Å²) in [5, 5.41) is 26.6. The lowest BCUT2D eigenvalue weighted by Crippen LogP contribution is -2.47. The van der Waals surface area contributed by atoms with Gasteiger partial charge in [0, 0.05) is 55.5 Å². The minimum absolute atomic E-state index is 0.0354. The Kier molecular flexibility index (Phi) is 13.5. The van der Waals surface area contributed by atoms with E-state index in [0.717, 1.165) is 17.5 Å². The lowest BCUT2D eigenvalue weighted by molar-refractivity contribution is -0.155. The number of aliphatic hydroxyl groups excluding tert-OH is 1. The van der Waals surface area contributed by atoms with Crippen LogP contribution in [0, 0.1) is 5.41 Å². The summed E-state index contributed by atoms with van der Waals surface area (Å²) in [6.07, 6.45) is 1.74. The number of nitrogens with zero attached hydrogens (tertiary/aromatic N) is 1. The number of H-pyrrole nitrogens is 1. The van der Waals surface area contributed by atoms with Gasteiger partial charge in [0.05, 0.1) is 19.4 Å². The van der Waals surface area contributed by atoms with Crippen LogP contribution in [-0.4, -0.2) is 93.3 Å². The first-order valence-corrected chi connectivity index (χ1v) is 12.1. The molecule has 3 amide bonds. The predicted molar refractivity (Wildman–Crippen MR) is 130 cm³/mol. The van der Waals surface area contributed by atoms with E-state index in [0.29, 0.717) is 18.7 Å². The van der Waals surface area contributed by atoms with Crippen LogP contribution in [0.4, 0.5) is 4.79 Å². The highest BCUT2D eigenvalue weighted by Crippen LogP contribution is 2.21. The van der Waals surface area contributed by atoms with Crippen LogP contribution in [0.25, 0.3) is 0 Å². The second-order valence-corrected chi connectivity index (χ2v) is 9.55. The van der Waals surface area contributed by atoms with Gasteiger partial charge in [-0.3, -0.25) is 24.0 Å². The van der Waals surface area contributed by atoms with Crippen molar-refractivity contribution in [1.82, 2.24) is 25.9 Å². The molecule has 1 rings (SSSR count). The highest BCUT2D eigenvalue weighted by Gasteiger charge is 2.35. The standard InChI is InChI=1S/C21H34N6O8S/c1-21(2,11-35-16(29)9-14(22)19(32)33)17(30)18(31)25-6-4-15(28)24-7-8-36-20(34)26-5-3-13-10-23-12-27-13/h10,12,14,17,30H,3-9,11,22H2,1-2H3,(H,23,27)(H,24,28)(H,25,31)(H,26,34)(H,32,33)/t14-,17-/m0/s1. The third kappa shape index (κ3) is 12.5. The number of nitrogens with two attached hydrogens (primary N) is 1. The highest BCUT2D eigenvalue weighted by molar-refractivity contribution is 8.13. The van der Waals surface area contributed by atoms with E-state index in [1.165, 1.54) is 13.8 Å². The van der Waals surface area contributed by atoms with Crippen molar-refractivity contribution in [2.24, 2.45) is 11.1 Å². The summed E-state index contributed by atoms with van der Waals surface area (Å²) < 4.78 is 4.93. The zero-order chi connectivity index (χ0) is 27.1. The van der Waals surface area contributed by atoms with E-state index in [9.17, 15) is 29.1 Å². The number of aromatic nitrogens is 2. The number of hydrogen-bond acceptors (Lipinski definition) is 10. The number of carboxylic acid groups (broad SMARTS) is 1. The summed E-state index contributed by atoms with van der Waals surface area (Å²) in [6, 6.07) is -1.41. The van der Waals surface area contributed by atoms with E-state index in [1.54, 1.807) is 12.5 Å². The number of aliphatic hydroxyl groups is 1. The van der Waals surface area contributed by atoms with Crippen molar-refractivity contribution in [2.75, 3.05) is 32.0 Å². The first kappa shape index (κ1) is 30.9. The maximum atomic E-state index is 12.2. The second kappa shape index (κ2) is 15.7. The fourth-order valence-corrected chi connectivity index (χ4v) is 3.21. The van der Waals surface area contributed by atoms with E-state index < -0.39 is 41.8 Å². The molecule has 0 aliphatic rings. The Bertz CT molecular complexity index is 880. The van der Waals surface area contributed by atoms with Crippen molar-refractivity contribution in [2.45, 2.75) is 45.3 Å². The molecule has 0 radical (unpaired) electrons. The molecule has 1 aromatic rings. The van der Waals surface area contributed by atoms with Crippen molar-refractivity contribution >= 4 is 40.8 Å². The zero-order valence-corrected chi connectivity index (χ0v) is 21.1. The molecule has 0 saturated heterocycles. The van der Waals surface area contributed by atoms with Crippen LogP contribution in [0.1, 0.15) is 32.4 Å². The highest BCUT2D eigenvalue weighted by atomic mass is 32.2. The van der Waals surface area contributed by atoms with Crippen LogP contribution in [0.2, 0.25) is 0 Å². The molecule has 0 aliphatic carbocycles. The Hall–Kier alpha value is -3.17. The summed E-state index contributed by atoms with van der Waals surface area (Å²) in [5.41, 5.74) is 5.00. The maximum absolute atomic E-state index is 12.2. The van der Waals surface area contributed by atoms with Gasteiger partial charge in [0.15, 0.2) is 0 Å². The maximum Gasteiger partial charge on any atom is 0.321 e. The van der Waals surface area contributed by atoms with E-state index in [1.807, 2.05) is 0 Å². The van der Waals surface area contributed by atoms with Gasteiger partial charge in [-0.05, 0) is 0 Å². The Morgan fingerprint density at radius 2 is 1.89 bits per heavy atom. The molecule has 0 bridgehead atoms. The Morgan fingerprint density at radius 1 is 1.17 bits per heavy atom. The largest absolute Gasteiger partial charge is 0.480 e. The average Bonchev–Trinajstić information content (AvgIpc) is 3.33. The van der Waals surface area contributed by atoms with E-state index >= 15 is 0 Å². The van der Waals surface area contributed by atoms with Gasteiger partial charge in [0.2, 0.25) is 11.8 Å². The number of carbonyl (C=O) groups is 5. The molecule has 1 aromatic heterocycles. The van der Waals surface area contributed by atoms with E-state index in [4.69, 9.17) is 15.6 Å². The van der Waals surface area contributed by atoms with Crippen molar-refractivity contribution in [1.29, 1.82) is 0 Å². The van der Waals surface area contributed by atoms with Crippen LogP contribution in [0.3, 0.4) is 0 Å². The minimum atomic E-state index is -1.55. The number of esters is 1. The molecule has 36 heavy (non-hydrogen) atoms. The van der Waals surface area contributed by atoms with Gasteiger partial charge in [-0.15, -0.1) is 0 Å². The molecular formula is C21H34N6O8S. The van der Waals surface area contributed by atoms with Crippen molar-refractivity contribution < 1.29 is 38.9 Å². The number of nitrogens with one attached hydrogen (secondary N) is 4. The number of carbonyl (C=O) groups excluding carboxylic acids is 4. The molecule has 0 aliphatic heterocycles. The molecule has 0 fully saturated rings. The van der Waals surface area contributed by atoms with Crippen molar-refractivity contribution in [3.63, 3.8) is 0 Å². The third-order valence-corrected chi connectivity index (χ3v) is 5.64. The van der Waals surface area contributed by atoms with E-state index in [2.05, 4.69) is 25.9 Å². The first-order chi connectivity index (χ1) is 16.9. The number of imidazole rings is 1. The number of aliphatic carboxylic acids is 1. The second-order valence-electron chi connectivity index (χ2n) is 8.48. The number of hydrogen-bond donors (Lipinski definition) is 7. The molecule has 2 atom stereocenters. The fourth-order valence-electron chi connectivity index (χ4n) is 2.62. The number of aromatic amines is 1. The van der Waals surface area contributed by atoms with Crippen LogP contribution < -0.4 is 21.7 Å². The molecule has 0 aromatic carbocycles. The summed E-state index contributed by atoms with van der Waals surface area (Å²) in [4.78, 5) is 65.0. The van der Waals surface area contributed by atoms with Gasteiger partial charge in [-0.1, -0.05) is 25.6 Å². The van der Waals surface area contributed by atoms with Crippen LogP contribution in [0.5, 0.6) is 0 Å². The number of ether oxygens (including phenoxy) is 1. The molecule has 0 unspecified atom stereocenters. The van der Waals surface area contributed by atoms with Gasteiger partial charge >= 0.3 is 11.9 Å². The number of rotatable bonds is 16. The zero-order valence-electron chi connectivity index (χ0n) is 20.2. The molecule has 0 spiro atoms. The number of carboxylic acids is 1. The van der Waals surface area contributed by atoms with Gasteiger partial charge in [0.25, 0.3) is 5.24 Å². The topological polar surface area (TPSA) is 226 Å². The molecule has 14 nitrogen and oxygen atoms in total. The smallest absolute Gasteiger partial charge is 0.321 e. The van der Waals surface area contributed by atoms with Crippen molar-refractivity contribution in [3.8, 4) is 0 Å². The summed E-state index contributed by atoms with van der Waals surface area (Å²) in [5.74, 6) is -2.94. The van der Waals surface area contributed by atoms with E-state index in [-0.39, 0.29) is 37.3 Å². The van der Waals surface area contributed by atoms with Crippen molar-refractivity contribution in [3.05, 3.63) is 18.2 Å². The van der Waals surface area contributed by atoms with Crippen LogP contribution in [0.15, 0.2) is 12.5 Å². The molecule has 15 heteroatoms. The van der Waals surface area contributed by atoms with Crippen LogP contribution >= 0.6 is 11.8 Å². The summed E-state index contributed by atoms with van der Waals surface area (Å²) >= 11 is 1.04. The Labute approximate surface area is 212 Å². The Morgan fingerprint density at radius 3 is 2.53 bits per heavy atom. The molecular weight excluding hydrogens is 496 g/mol. The summed E-state index contributed by atoms with van der Waals surface area (Å²) in [7, 11) is 0. The van der Waals surface area contributed by atoms with Gasteiger partial charge in [-0.2, -0.15) is 0 Å². The number of amides is 3. The monoisotopic (exact) mass is 530 g/mol. The van der Waals surface area contributed by atoms with Crippen LogP contribution in [-0.2, 0) is 30.3 Å². The van der Waals surface area contributed by atoms with Gasteiger partial charge in [-0.25, -0.2) is 4.98 Å². The lowest BCUT2D eigenvalue weighted by atomic mass is 9.87. The summed E-state index contributed by atoms with van der Waals surface area (Å²) in [6.45, 7) is 3.31. The SMILES string of the molecule is CC(C)(COC(=O)C[C@H](N)C(=O)O)[C@@H](O)C(=O)NCCC(=O)NCCSC(=O)NCCc1cnc[nH]1. The average molecular weight is 531 g/mol. The van der Waals surface area contributed by atoms with Gasteiger partial charge < -0.3 is 41.6 Å². The van der Waals surface area contributed by atoms with Gasteiger partial charge in [0.1, 0.15) is 12.1 Å². The third-order valence-electron chi connectivity index (χ3n) is 4.82. The molecule has 1 heterocycles. The normalized spacial score (nSPS) is 12.8. The minimum Gasteiger partial charge on any atom is -0.480 e.